The average molecular weight is 455 g/mol. The zero-order valence-corrected chi connectivity index (χ0v) is 18.3. The SMILES string of the molecule is COC(=O)c1ccccc1NC(=O)COc1ccc(S(=O)(=O)Nc2ccc(C)cc2)cc1. The summed E-state index contributed by atoms with van der Waals surface area (Å²) in [7, 11) is -2.50. The number of nitrogens with one attached hydrogen (secondary N) is 2. The van der Waals surface area contributed by atoms with Crippen molar-refractivity contribution in [3.8, 4) is 5.75 Å². The first-order valence-corrected chi connectivity index (χ1v) is 11.1. The zero-order valence-electron chi connectivity index (χ0n) is 17.5. The quantitative estimate of drug-likeness (QED) is 0.503. The minimum Gasteiger partial charge on any atom is -0.484 e. The van der Waals surface area contributed by atoms with E-state index in [4.69, 9.17) is 9.47 Å². The molecule has 0 aliphatic rings. The second-order valence-electron chi connectivity index (χ2n) is 6.82. The van der Waals surface area contributed by atoms with Crippen LogP contribution in [0.3, 0.4) is 0 Å². The van der Waals surface area contributed by atoms with Crippen molar-refractivity contribution in [3.63, 3.8) is 0 Å². The van der Waals surface area contributed by atoms with E-state index in [2.05, 4.69) is 10.0 Å². The van der Waals surface area contributed by atoms with Gasteiger partial charge in [-0.1, -0.05) is 29.8 Å². The molecule has 0 radical (unpaired) electrons. The third-order valence-electron chi connectivity index (χ3n) is 4.41. The Labute approximate surface area is 186 Å². The van der Waals surface area contributed by atoms with Crippen molar-refractivity contribution in [2.75, 3.05) is 23.8 Å². The summed E-state index contributed by atoms with van der Waals surface area (Å²) in [6, 6.07) is 19.1. The summed E-state index contributed by atoms with van der Waals surface area (Å²) in [6.07, 6.45) is 0. The number of amides is 1. The number of rotatable bonds is 8. The molecule has 166 valence electrons. The number of carbonyl (C=O) groups excluding carboxylic acids is 2. The van der Waals surface area contributed by atoms with Crippen LogP contribution in [-0.4, -0.2) is 34.0 Å². The molecule has 2 N–H and O–H groups in total. The fourth-order valence-electron chi connectivity index (χ4n) is 2.77. The van der Waals surface area contributed by atoms with Gasteiger partial charge in [0.2, 0.25) is 0 Å². The number of ether oxygens (including phenoxy) is 2. The van der Waals surface area contributed by atoms with Crippen molar-refractivity contribution in [2.24, 2.45) is 0 Å². The predicted molar refractivity (Wildman–Crippen MR) is 120 cm³/mol. The molecule has 3 aromatic carbocycles. The van der Waals surface area contributed by atoms with E-state index in [1.54, 1.807) is 30.3 Å². The Morgan fingerprint density at radius 2 is 1.56 bits per heavy atom. The molecule has 3 rings (SSSR count). The van der Waals surface area contributed by atoms with E-state index in [1.807, 2.05) is 19.1 Å². The zero-order chi connectivity index (χ0) is 23.1. The smallest absolute Gasteiger partial charge is 0.339 e. The highest BCUT2D eigenvalue weighted by Crippen LogP contribution is 2.20. The number of hydrogen-bond acceptors (Lipinski definition) is 6. The number of anilines is 2. The molecule has 0 heterocycles. The molecule has 0 bridgehead atoms. The van der Waals surface area contributed by atoms with Crippen molar-refractivity contribution in [1.29, 1.82) is 0 Å². The normalized spacial score (nSPS) is 10.8. The summed E-state index contributed by atoms with van der Waals surface area (Å²) >= 11 is 0. The van der Waals surface area contributed by atoms with Gasteiger partial charge in [0.05, 0.1) is 23.3 Å². The molecule has 32 heavy (non-hydrogen) atoms. The average Bonchev–Trinajstić information content (AvgIpc) is 2.79. The summed E-state index contributed by atoms with van der Waals surface area (Å²) < 4.78 is 37.7. The van der Waals surface area contributed by atoms with Crippen LogP contribution in [0.4, 0.5) is 11.4 Å². The van der Waals surface area contributed by atoms with Gasteiger partial charge in [0, 0.05) is 5.69 Å². The van der Waals surface area contributed by atoms with Gasteiger partial charge in [0.15, 0.2) is 6.61 Å². The van der Waals surface area contributed by atoms with Gasteiger partial charge in [-0.05, 0) is 55.5 Å². The predicted octanol–water partition coefficient (Wildman–Crippen LogP) is 3.60. The highest BCUT2D eigenvalue weighted by Gasteiger charge is 2.15. The minimum absolute atomic E-state index is 0.0573. The minimum atomic E-state index is -3.76. The highest BCUT2D eigenvalue weighted by atomic mass is 32.2. The van der Waals surface area contributed by atoms with Crippen molar-refractivity contribution in [1.82, 2.24) is 0 Å². The monoisotopic (exact) mass is 454 g/mol. The lowest BCUT2D eigenvalue weighted by molar-refractivity contribution is -0.118. The molecular weight excluding hydrogens is 432 g/mol. The largest absolute Gasteiger partial charge is 0.484 e. The number of esters is 1. The van der Waals surface area contributed by atoms with Crippen LogP contribution in [0.5, 0.6) is 5.75 Å². The third-order valence-corrected chi connectivity index (χ3v) is 5.81. The van der Waals surface area contributed by atoms with Crippen molar-refractivity contribution < 1.29 is 27.5 Å². The number of para-hydroxylation sites is 1. The van der Waals surface area contributed by atoms with Crippen LogP contribution in [0.15, 0.2) is 77.7 Å². The lowest BCUT2D eigenvalue weighted by Gasteiger charge is -2.11. The van der Waals surface area contributed by atoms with Gasteiger partial charge in [-0.25, -0.2) is 13.2 Å². The molecule has 9 heteroatoms. The Kier molecular flexibility index (Phi) is 7.11. The third kappa shape index (κ3) is 5.86. The van der Waals surface area contributed by atoms with Crippen LogP contribution >= 0.6 is 0 Å². The summed E-state index contributed by atoms with van der Waals surface area (Å²) in [6.45, 7) is 1.58. The van der Waals surface area contributed by atoms with E-state index in [1.165, 1.54) is 37.4 Å². The fourth-order valence-corrected chi connectivity index (χ4v) is 3.82. The van der Waals surface area contributed by atoms with Gasteiger partial charge in [-0.2, -0.15) is 0 Å². The summed E-state index contributed by atoms with van der Waals surface area (Å²) in [5, 5.41) is 2.59. The molecule has 0 unspecified atom stereocenters. The summed E-state index contributed by atoms with van der Waals surface area (Å²) in [4.78, 5) is 24.0. The first-order valence-electron chi connectivity index (χ1n) is 9.58. The van der Waals surface area contributed by atoms with Gasteiger partial charge in [0.1, 0.15) is 5.75 Å². The number of carbonyl (C=O) groups is 2. The molecule has 0 atom stereocenters. The topological polar surface area (TPSA) is 111 Å². The molecule has 0 saturated carbocycles. The maximum Gasteiger partial charge on any atom is 0.339 e. The van der Waals surface area contributed by atoms with Gasteiger partial charge in [-0.3, -0.25) is 9.52 Å². The molecular formula is C23H22N2O6S. The summed E-state index contributed by atoms with van der Waals surface area (Å²) in [5.41, 5.74) is 2.00. The maximum atomic E-state index is 12.5. The van der Waals surface area contributed by atoms with E-state index >= 15 is 0 Å². The van der Waals surface area contributed by atoms with Crippen LogP contribution in [0.1, 0.15) is 15.9 Å². The Morgan fingerprint density at radius 3 is 2.22 bits per heavy atom. The lowest BCUT2D eigenvalue weighted by Crippen LogP contribution is -2.21. The van der Waals surface area contributed by atoms with Crippen LogP contribution in [0.25, 0.3) is 0 Å². The Morgan fingerprint density at radius 1 is 0.906 bits per heavy atom. The number of benzene rings is 3. The van der Waals surface area contributed by atoms with Gasteiger partial charge >= 0.3 is 5.97 Å². The Balaban J connectivity index is 1.60. The highest BCUT2D eigenvalue weighted by molar-refractivity contribution is 7.92. The van der Waals surface area contributed by atoms with Crippen molar-refractivity contribution in [2.45, 2.75) is 11.8 Å². The number of sulfonamides is 1. The molecule has 0 aliphatic heterocycles. The second-order valence-corrected chi connectivity index (χ2v) is 8.50. The second kappa shape index (κ2) is 9.97. The maximum absolute atomic E-state index is 12.5. The van der Waals surface area contributed by atoms with E-state index in [9.17, 15) is 18.0 Å². The molecule has 3 aromatic rings. The van der Waals surface area contributed by atoms with E-state index in [-0.39, 0.29) is 17.1 Å². The van der Waals surface area contributed by atoms with E-state index in [0.717, 1.165) is 5.56 Å². The molecule has 0 fully saturated rings. The standard InChI is InChI=1S/C23H22N2O6S/c1-16-7-9-17(10-8-16)25-32(28,29)19-13-11-18(12-14-19)31-15-22(26)24-21-6-4-3-5-20(21)23(27)30-2/h3-14,25H,15H2,1-2H3,(H,24,26). The van der Waals surface area contributed by atoms with E-state index in [0.29, 0.717) is 17.1 Å². The number of aryl methyl sites for hydroxylation is 1. The van der Waals surface area contributed by atoms with Gasteiger partial charge < -0.3 is 14.8 Å². The number of hydrogen-bond donors (Lipinski definition) is 2. The molecule has 0 spiro atoms. The molecule has 0 aromatic heterocycles. The Hall–Kier alpha value is -3.85. The van der Waals surface area contributed by atoms with Crippen LogP contribution in [0, 0.1) is 6.92 Å². The van der Waals surface area contributed by atoms with Gasteiger partial charge in [-0.15, -0.1) is 0 Å². The lowest BCUT2D eigenvalue weighted by atomic mass is 10.2. The molecule has 0 saturated heterocycles. The van der Waals surface area contributed by atoms with E-state index < -0.39 is 21.9 Å². The molecule has 8 nitrogen and oxygen atoms in total. The van der Waals surface area contributed by atoms with Gasteiger partial charge in [0.25, 0.3) is 15.9 Å². The molecule has 1 amide bonds. The number of methoxy groups -OCH3 is 1. The van der Waals surface area contributed by atoms with Crippen LogP contribution in [-0.2, 0) is 19.6 Å². The Bertz CT molecular complexity index is 1210. The van der Waals surface area contributed by atoms with Crippen LogP contribution in [0.2, 0.25) is 0 Å². The fraction of sp³-hybridized carbons (Fsp3) is 0.130. The first-order chi connectivity index (χ1) is 15.3. The summed E-state index contributed by atoms with van der Waals surface area (Å²) in [5.74, 6) is -0.743. The van der Waals surface area contributed by atoms with Crippen molar-refractivity contribution >= 4 is 33.3 Å². The van der Waals surface area contributed by atoms with Crippen molar-refractivity contribution in [3.05, 3.63) is 83.9 Å². The van der Waals surface area contributed by atoms with Crippen LogP contribution < -0.4 is 14.8 Å². The first kappa shape index (κ1) is 22.8. The molecule has 0 aliphatic carbocycles.